The monoisotopic (exact) mass is 230 g/mol. The first-order valence-electron chi connectivity index (χ1n) is 3.60. The van der Waals surface area contributed by atoms with E-state index in [0.29, 0.717) is 0 Å². The summed E-state index contributed by atoms with van der Waals surface area (Å²) >= 11 is 0. The average molecular weight is 230 g/mol. The normalized spacial score (nSPS) is 43.9. The number of hydrogen-bond acceptors (Lipinski definition) is 5. The fraction of sp³-hybridized carbons (Fsp3) is 1.00. The van der Waals surface area contributed by atoms with Crippen LogP contribution < -0.4 is 0 Å². The van der Waals surface area contributed by atoms with Gasteiger partial charge in [0.2, 0.25) is 0 Å². The summed E-state index contributed by atoms with van der Waals surface area (Å²) in [4.78, 5) is 0. The van der Waals surface area contributed by atoms with E-state index in [1.807, 2.05) is 0 Å². The molecule has 2 aliphatic heterocycles. The molecule has 0 aromatic heterocycles. The van der Waals surface area contributed by atoms with Crippen LogP contribution in [0.2, 0.25) is 0 Å². The van der Waals surface area contributed by atoms with E-state index < -0.39 is 24.2 Å². The number of halogens is 1. The van der Waals surface area contributed by atoms with Gasteiger partial charge in [-0.2, -0.15) is 12.6 Å². The average Bonchev–Trinajstić information content (AvgIpc) is 2.35. The molecule has 5 nitrogen and oxygen atoms in total. The summed E-state index contributed by atoms with van der Waals surface area (Å²) < 4.78 is 48.2. The maximum Gasteiger partial charge on any atom is 0.374 e. The van der Waals surface area contributed by atoms with Crippen LogP contribution in [0.5, 0.6) is 0 Å². The van der Waals surface area contributed by atoms with Crippen molar-refractivity contribution < 1.29 is 25.8 Å². The Labute approximate surface area is 76.3 Å². The van der Waals surface area contributed by atoms with E-state index in [4.69, 9.17) is 0 Å². The molecule has 0 saturated carbocycles. The molecule has 8 heteroatoms. The molecule has 2 aliphatic rings. The fourth-order valence-electron chi connectivity index (χ4n) is 1.29. The zero-order valence-electron chi connectivity index (χ0n) is 6.60. The van der Waals surface area contributed by atoms with Crippen molar-refractivity contribution in [1.29, 1.82) is 0 Å². The molecule has 13 heavy (non-hydrogen) atoms. The van der Waals surface area contributed by atoms with E-state index in [9.17, 15) is 12.6 Å². The third-order valence-corrected chi connectivity index (χ3v) is 4.08. The van der Waals surface area contributed by atoms with E-state index in [2.05, 4.69) is 13.2 Å². The number of hydrogen-bond donors (Lipinski definition) is 0. The zero-order valence-corrected chi connectivity index (χ0v) is 8.31. The van der Waals surface area contributed by atoms with Gasteiger partial charge < -0.3 is 9.05 Å². The molecule has 0 amide bonds. The summed E-state index contributed by atoms with van der Waals surface area (Å²) in [7, 11) is -5.76. The summed E-state index contributed by atoms with van der Waals surface area (Å²) in [5.41, 5.74) is -0.691. The van der Waals surface area contributed by atoms with Gasteiger partial charge in [0.25, 0.3) is 10.1 Å². The molecule has 0 aromatic rings. The van der Waals surface area contributed by atoms with Gasteiger partial charge in [-0.05, 0) is 0 Å². The molecule has 76 valence electrons. The Balaban J connectivity index is 2.08. The predicted octanol–water partition coefficient (Wildman–Crippen LogP) is 0.576. The van der Waals surface area contributed by atoms with E-state index in [1.54, 1.807) is 0 Å². The highest BCUT2D eigenvalue weighted by molar-refractivity contribution is 7.87. The minimum atomic E-state index is -3.45. The zero-order chi connectivity index (χ0) is 9.53. The summed E-state index contributed by atoms with van der Waals surface area (Å²) in [5, 5.41) is 0. The van der Waals surface area contributed by atoms with Crippen molar-refractivity contribution >= 4 is 18.8 Å². The molecule has 2 saturated heterocycles. The lowest BCUT2D eigenvalue weighted by atomic mass is 9.94. The SMILES string of the molecule is O=S1(=O)CC2(COP(F)OC2)CO1. The van der Waals surface area contributed by atoms with Crippen LogP contribution in [0.15, 0.2) is 0 Å². The molecule has 2 heterocycles. The summed E-state index contributed by atoms with van der Waals surface area (Å²) in [5.74, 6) is -0.150. The van der Waals surface area contributed by atoms with Gasteiger partial charge in [-0.3, -0.25) is 4.18 Å². The molecular formula is C5H8FO5PS. The molecule has 2 fully saturated rings. The van der Waals surface area contributed by atoms with Crippen LogP contribution >= 0.6 is 8.69 Å². The molecule has 1 spiro atoms. The first-order chi connectivity index (χ1) is 6.02. The Morgan fingerprint density at radius 3 is 2.31 bits per heavy atom. The Morgan fingerprint density at radius 2 is 1.85 bits per heavy atom. The highest BCUT2D eigenvalue weighted by Crippen LogP contribution is 2.48. The molecule has 0 atom stereocenters. The Morgan fingerprint density at radius 1 is 1.23 bits per heavy atom. The third kappa shape index (κ3) is 1.99. The lowest BCUT2D eigenvalue weighted by Gasteiger charge is -2.30. The molecule has 0 radical (unpaired) electrons. The second kappa shape index (κ2) is 3.10. The highest BCUT2D eigenvalue weighted by atomic mass is 32.2. The molecule has 0 N–H and O–H groups in total. The van der Waals surface area contributed by atoms with Gasteiger partial charge in [0.15, 0.2) is 0 Å². The van der Waals surface area contributed by atoms with Crippen LogP contribution in [0.4, 0.5) is 4.20 Å². The second-order valence-corrected chi connectivity index (χ2v) is 5.80. The first-order valence-corrected chi connectivity index (χ1v) is 6.25. The van der Waals surface area contributed by atoms with E-state index in [1.165, 1.54) is 0 Å². The van der Waals surface area contributed by atoms with Gasteiger partial charge >= 0.3 is 8.69 Å². The maximum atomic E-state index is 12.4. The summed E-state index contributed by atoms with van der Waals surface area (Å²) in [6.45, 7) is 0.126. The van der Waals surface area contributed by atoms with Gasteiger partial charge in [0, 0.05) is 0 Å². The maximum absolute atomic E-state index is 12.4. The van der Waals surface area contributed by atoms with Crippen LogP contribution in [0.25, 0.3) is 0 Å². The Kier molecular flexibility index (Phi) is 2.32. The van der Waals surface area contributed by atoms with E-state index in [-0.39, 0.29) is 25.6 Å². The van der Waals surface area contributed by atoms with Crippen molar-refractivity contribution in [2.45, 2.75) is 0 Å². The predicted molar refractivity (Wildman–Crippen MR) is 42.1 cm³/mol. The smallest absolute Gasteiger partial charge is 0.308 e. The fourth-order valence-corrected chi connectivity index (χ4v) is 3.63. The van der Waals surface area contributed by atoms with E-state index >= 15 is 0 Å². The largest absolute Gasteiger partial charge is 0.374 e. The van der Waals surface area contributed by atoms with Gasteiger partial charge in [-0.25, -0.2) is 0 Å². The molecule has 0 aliphatic carbocycles. The lowest BCUT2D eigenvalue weighted by molar-refractivity contribution is 0.0247. The standard InChI is InChI=1S/C5H8FO5PS/c6-12-9-1-5(2-10-12)3-11-13(7,8)4-5/h1-4H2. The van der Waals surface area contributed by atoms with Crippen molar-refractivity contribution in [3.05, 3.63) is 0 Å². The lowest BCUT2D eigenvalue weighted by Crippen LogP contribution is -2.37. The molecule has 0 aromatic carbocycles. The number of rotatable bonds is 0. The first kappa shape index (κ1) is 9.73. The van der Waals surface area contributed by atoms with Crippen LogP contribution in [0.3, 0.4) is 0 Å². The summed E-state index contributed by atoms with van der Waals surface area (Å²) in [6.07, 6.45) is 0. The Hall–Kier alpha value is 0.190. The molecular weight excluding hydrogens is 222 g/mol. The van der Waals surface area contributed by atoms with E-state index in [0.717, 1.165) is 0 Å². The third-order valence-electron chi connectivity index (χ3n) is 1.97. The quantitative estimate of drug-likeness (QED) is 0.450. The minimum Gasteiger partial charge on any atom is -0.308 e. The van der Waals surface area contributed by atoms with Crippen LogP contribution in [-0.4, -0.2) is 34.0 Å². The van der Waals surface area contributed by atoms with Crippen molar-refractivity contribution in [2.75, 3.05) is 25.6 Å². The van der Waals surface area contributed by atoms with Crippen molar-refractivity contribution in [3.63, 3.8) is 0 Å². The van der Waals surface area contributed by atoms with Gasteiger partial charge in [-0.15, -0.1) is 0 Å². The highest BCUT2D eigenvalue weighted by Gasteiger charge is 2.47. The Bertz CT molecular complexity index is 296. The molecule has 0 bridgehead atoms. The molecule has 0 unspecified atom stereocenters. The second-order valence-electron chi connectivity index (χ2n) is 3.22. The van der Waals surface area contributed by atoms with Crippen LogP contribution in [0, 0.1) is 5.41 Å². The van der Waals surface area contributed by atoms with Gasteiger partial charge in [-0.1, -0.05) is 0 Å². The topological polar surface area (TPSA) is 61.8 Å². The van der Waals surface area contributed by atoms with Gasteiger partial charge in [0.05, 0.1) is 31.0 Å². The van der Waals surface area contributed by atoms with Crippen LogP contribution in [0.1, 0.15) is 0 Å². The van der Waals surface area contributed by atoms with Crippen molar-refractivity contribution in [3.8, 4) is 0 Å². The van der Waals surface area contributed by atoms with Gasteiger partial charge in [0.1, 0.15) is 0 Å². The van der Waals surface area contributed by atoms with Crippen molar-refractivity contribution in [1.82, 2.24) is 0 Å². The summed E-state index contributed by atoms with van der Waals surface area (Å²) in [6, 6.07) is 0. The molecule has 2 rings (SSSR count). The van der Waals surface area contributed by atoms with Crippen LogP contribution in [-0.2, 0) is 23.3 Å². The minimum absolute atomic E-state index is 0.0263. The van der Waals surface area contributed by atoms with Crippen molar-refractivity contribution in [2.24, 2.45) is 5.41 Å².